The van der Waals surface area contributed by atoms with E-state index >= 15 is 0 Å². The van der Waals surface area contributed by atoms with Gasteiger partial charge in [0.15, 0.2) is 5.65 Å². The third-order valence-electron chi connectivity index (χ3n) is 4.17. The van der Waals surface area contributed by atoms with Crippen LogP contribution in [0, 0.1) is 0 Å². The van der Waals surface area contributed by atoms with Gasteiger partial charge in [0.25, 0.3) is 0 Å². The van der Waals surface area contributed by atoms with Crippen molar-refractivity contribution in [3.05, 3.63) is 41.9 Å². The zero-order valence-electron chi connectivity index (χ0n) is 12.5. The summed E-state index contributed by atoms with van der Waals surface area (Å²) >= 11 is 0. The van der Waals surface area contributed by atoms with Crippen molar-refractivity contribution in [1.29, 1.82) is 0 Å². The summed E-state index contributed by atoms with van der Waals surface area (Å²) in [6.07, 6.45) is 5.70. The van der Waals surface area contributed by atoms with E-state index in [1.54, 1.807) is 17.2 Å². The number of nitrogens with one attached hydrogen (secondary N) is 2. The largest absolute Gasteiger partial charge is 0.385 e. The lowest BCUT2D eigenvalue weighted by molar-refractivity contribution is 0.785. The Morgan fingerprint density at radius 1 is 1.32 bits per heavy atom. The van der Waals surface area contributed by atoms with Crippen molar-refractivity contribution in [1.82, 2.24) is 19.7 Å². The average molecular weight is 294 g/mol. The molecule has 3 heterocycles. The second-order valence-corrected chi connectivity index (χ2v) is 5.55. The second kappa shape index (κ2) is 5.29. The standard InChI is InChI=1S/C16H18N6/c1-22-16-13(9-21-22)15(19-10-20-16)18-8-11-4-2-6-14-12(11)5-3-7-17-14/h2,4,6,9-10,17H,3,5,7-8H2,1H3,(H,18,19,20). The van der Waals surface area contributed by atoms with E-state index in [1.165, 1.54) is 23.2 Å². The molecule has 6 nitrogen and oxygen atoms in total. The van der Waals surface area contributed by atoms with Crippen LogP contribution in [0.4, 0.5) is 11.5 Å². The first-order valence-corrected chi connectivity index (χ1v) is 7.54. The van der Waals surface area contributed by atoms with Crippen LogP contribution in [0.1, 0.15) is 17.5 Å². The Kier molecular flexibility index (Phi) is 3.14. The Bertz CT molecular complexity index is 823. The molecule has 0 radical (unpaired) electrons. The summed E-state index contributed by atoms with van der Waals surface area (Å²) in [4.78, 5) is 8.62. The smallest absolute Gasteiger partial charge is 0.163 e. The third-order valence-corrected chi connectivity index (χ3v) is 4.17. The van der Waals surface area contributed by atoms with Gasteiger partial charge >= 0.3 is 0 Å². The summed E-state index contributed by atoms with van der Waals surface area (Å²) < 4.78 is 1.76. The van der Waals surface area contributed by atoms with Crippen molar-refractivity contribution < 1.29 is 0 Å². The zero-order chi connectivity index (χ0) is 14.9. The minimum Gasteiger partial charge on any atom is -0.385 e. The molecule has 0 bridgehead atoms. The van der Waals surface area contributed by atoms with E-state index in [0.717, 1.165) is 36.4 Å². The van der Waals surface area contributed by atoms with Gasteiger partial charge in [-0.15, -0.1) is 0 Å². The van der Waals surface area contributed by atoms with Gasteiger partial charge in [-0.2, -0.15) is 5.10 Å². The van der Waals surface area contributed by atoms with Gasteiger partial charge in [0, 0.05) is 25.8 Å². The fraction of sp³-hybridized carbons (Fsp3) is 0.312. The monoisotopic (exact) mass is 294 g/mol. The van der Waals surface area contributed by atoms with Gasteiger partial charge in [-0.3, -0.25) is 4.68 Å². The van der Waals surface area contributed by atoms with E-state index in [9.17, 15) is 0 Å². The van der Waals surface area contributed by atoms with Crippen molar-refractivity contribution in [2.45, 2.75) is 19.4 Å². The molecule has 0 amide bonds. The summed E-state index contributed by atoms with van der Waals surface area (Å²) in [6.45, 7) is 1.82. The minimum absolute atomic E-state index is 0.756. The van der Waals surface area contributed by atoms with Gasteiger partial charge in [0.05, 0.1) is 11.6 Å². The molecule has 2 N–H and O–H groups in total. The maximum atomic E-state index is 4.36. The van der Waals surface area contributed by atoms with E-state index in [2.05, 4.69) is 43.9 Å². The van der Waals surface area contributed by atoms with Gasteiger partial charge in [0.1, 0.15) is 12.1 Å². The van der Waals surface area contributed by atoms with Crippen LogP contribution < -0.4 is 10.6 Å². The molecule has 0 unspecified atom stereocenters. The fourth-order valence-corrected chi connectivity index (χ4v) is 3.03. The summed E-state index contributed by atoms with van der Waals surface area (Å²) in [5.41, 5.74) is 4.84. The first-order valence-electron chi connectivity index (χ1n) is 7.54. The highest BCUT2D eigenvalue weighted by Gasteiger charge is 2.13. The van der Waals surface area contributed by atoms with Crippen LogP contribution in [-0.2, 0) is 20.0 Å². The molecule has 0 spiro atoms. The first kappa shape index (κ1) is 13.1. The minimum atomic E-state index is 0.756. The highest BCUT2D eigenvalue weighted by Crippen LogP contribution is 2.26. The number of anilines is 2. The fourth-order valence-electron chi connectivity index (χ4n) is 3.03. The van der Waals surface area contributed by atoms with Gasteiger partial charge in [0.2, 0.25) is 0 Å². The Labute approximate surface area is 128 Å². The van der Waals surface area contributed by atoms with Crippen LogP contribution in [0.3, 0.4) is 0 Å². The number of hydrogen-bond donors (Lipinski definition) is 2. The molecule has 3 aromatic rings. The first-order chi connectivity index (χ1) is 10.8. The van der Waals surface area contributed by atoms with Gasteiger partial charge in [-0.25, -0.2) is 9.97 Å². The number of aryl methyl sites for hydroxylation is 1. The number of hydrogen-bond acceptors (Lipinski definition) is 5. The molecule has 1 aliphatic heterocycles. The molecule has 1 aromatic carbocycles. The highest BCUT2D eigenvalue weighted by molar-refractivity contribution is 5.85. The molecule has 0 atom stereocenters. The van der Waals surface area contributed by atoms with Crippen LogP contribution in [0.2, 0.25) is 0 Å². The predicted molar refractivity (Wildman–Crippen MR) is 86.9 cm³/mol. The molecule has 1 aliphatic rings. The lowest BCUT2D eigenvalue weighted by Crippen LogP contribution is -2.15. The number of aromatic nitrogens is 4. The van der Waals surface area contributed by atoms with Crippen molar-refractivity contribution in [3.8, 4) is 0 Å². The lowest BCUT2D eigenvalue weighted by Gasteiger charge is -2.21. The Morgan fingerprint density at radius 2 is 2.27 bits per heavy atom. The van der Waals surface area contributed by atoms with Crippen molar-refractivity contribution in [3.63, 3.8) is 0 Å². The van der Waals surface area contributed by atoms with Crippen LogP contribution in [0.25, 0.3) is 11.0 Å². The molecule has 0 saturated heterocycles. The highest BCUT2D eigenvalue weighted by atomic mass is 15.3. The van der Waals surface area contributed by atoms with E-state index in [0.29, 0.717) is 0 Å². The van der Waals surface area contributed by atoms with Crippen LogP contribution in [0.15, 0.2) is 30.7 Å². The summed E-state index contributed by atoms with van der Waals surface area (Å²) in [5, 5.41) is 12.1. The molecular formula is C16H18N6. The van der Waals surface area contributed by atoms with Crippen molar-refractivity contribution >= 4 is 22.5 Å². The molecular weight excluding hydrogens is 276 g/mol. The van der Waals surface area contributed by atoms with Crippen molar-refractivity contribution in [2.24, 2.45) is 7.05 Å². The van der Waals surface area contributed by atoms with E-state index in [4.69, 9.17) is 0 Å². The van der Waals surface area contributed by atoms with Crippen LogP contribution in [-0.4, -0.2) is 26.3 Å². The Hall–Kier alpha value is -2.63. The third kappa shape index (κ3) is 2.16. The number of rotatable bonds is 3. The molecule has 6 heteroatoms. The second-order valence-electron chi connectivity index (χ2n) is 5.55. The summed E-state index contributed by atoms with van der Waals surface area (Å²) in [6, 6.07) is 6.44. The molecule has 2 aromatic heterocycles. The van der Waals surface area contributed by atoms with Crippen LogP contribution >= 0.6 is 0 Å². The van der Waals surface area contributed by atoms with Gasteiger partial charge in [-0.1, -0.05) is 12.1 Å². The molecule has 112 valence electrons. The molecule has 0 fully saturated rings. The molecule has 0 saturated carbocycles. The average Bonchev–Trinajstić information content (AvgIpc) is 2.95. The number of nitrogens with zero attached hydrogens (tertiary/aromatic N) is 4. The van der Waals surface area contributed by atoms with Gasteiger partial charge in [-0.05, 0) is 30.0 Å². The maximum Gasteiger partial charge on any atom is 0.163 e. The SMILES string of the molecule is Cn1ncc2c(NCc3cccc4c3CCCN4)ncnc21. The summed E-state index contributed by atoms with van der Waals surface area (Å²) in [5.74, 6) is 0.833. The van der Waals surface area contributed by atoms with E-state index < -0.39 is 0 Å². The Morgan fingerprint density at radius 3 is 3.23 bits per heavy atom. The van der Waals surface area contributed by atoms with Crippen molar-refractivity contribution in [2.75, 3.05) is 17.2 Å². The maximum absolute atomic E-state index is 4.36. The Balaban J connectivity index is 1.62. The zero-order valence-corrected chi connectivity index (χ0v) is 12.5. The predicted octanol–water partition coefficient (Wildman–Crippen LogP) is 2.33. The quantitative estimate of drug-likeness (QED) is 0.776. The number of benzene rings is 1. The van der Waals surface area contributed by atoms with E-state index in [1.807, 2.05) is 7.05 Å². The number of fused-ring (bicyclic) bond motifs is 2. The van der Waals surface area contributed by atoms with Crippen LogP contribution in [0.5, 0.6) is 0 Å². The van der Waals surface area contributed by atoms with Gasteiger partial charge < -0.3 is 10.6 Å². The molecule has 22 heavy (non-hydrogen) atoms. The van der Waals surface area contributed by atoms with E-state index in [-0.39, 0.29) is 0 Å². The molecule has 4 rings (SSSR count). The normalized spacial score (nSPS) is 13.7. The summed E-state index contributed by atoms with van der Waals surface area (Å²) in [7, 11) is 1.89. The topological polar surface area (TPSA) is 67.7 Å². The molecule has 0 aliphatic carbocycles. The lowest BCUT2D eigenvalue weighted by atomic mass is 9.97.